The molecular formula is C21H23N7O. The molecule has 0 radical (unpaired) electrons. The summed E-state index contributed by atoms with van der Waals surface area (Å²) in [7, 11) is 1.68. The Hall–Kier alpha value is -3.39. The summed E-state index contributed by atoms with van der Waals surface area (Å²) in [4.78, 5) is 4.45. The molecule has 29 heavy (non-hydrogen) atoms. The molecule has 0 amide bonds. The normalized spacial score (nSPS) is 14.9. The van der Waals surface area contributed by atoms with E-state index in [9.17, 15) is 0 Å². The molecule has 148 valence electrons. The molecule has 2 N–H and O–H groups in total. The number of nitrogens with one attached hydrogen (secondary N) is 2. The van der Waals surface area contributed by atoms with E-state index in [2.05, 4.69) is 20.7 Å². The number of aromatic nitrogens is 5. The number of hydrogen-bond donors (Lipinski definition) is 2. The Kier molecular flexibility index (Phi) is 4.61. The van der Waals surface area contributed by atoms with Crippen molar-refractivity contribution < 1.29 is 4.74 Å². The number of ether oxygens (including phenoxy) is 1. The van der Waals surface area contributed by atoms with Crippen molar-refractivity contribution in [1.82, 2.24) is 29.7 Å². The minimum Gasteiger partial charge on any atom is -0.496 e. The van der Waals surface area contributed by atoms with E-state index in [4.69, 9.17) is 9.84 Å². The van der Waals surface area contributed by atoms with Crippen molar-refractivity contribution in [2.75, 3.05) is 25.5 Å². The third kappa shape index (κ3) is 3.42. The second-order valence-electron chi connectivity index (χ2n) is 7.15. The summed E-state index contributed by atoms with van der Waals surface area (Å²) in [5.74, 6) is 1.33. The van der Waals surface area contributed by atoms with E-state index < -0.39 is 0 Å². The number of nitrogens with zero attached hydrogens (tertiary/aromatic N) is 5. The summed E-state index contributed by atoms with van der Waals surface area (Å²) in [5.41, 5.74) is 3.74. The van der Waals surface area contributed by atoms with Gasteiger partial charge in [0.25, 0.3) is 0 Å². The number of rotatable bonds is 5. The van der Waals surface area contributed by atoms with E-state index >= 15 is 0 Å². The summed E-state index contributed by atoms with van der Waals surface area (Å²) in [6, 6.07) is 12.4. The molecule has 8 nitrogen and oxygen atoms in total. The Morgan fingerprint density at radius 3 is 2.83 bits per heavy atom. The average Bonchev–Trinajstić information content (AvgIpc) is 3.41. The molecule has 1 saturated heterocycles. The standard InChI is InChI=1S/C21H23N7O/c1-29-20-5-3-2-4-18(20)19-7-6-17-13-23-21(26-28(17)19)25-15-12-24-27(14-15)16-8-10-22-11-9-16/h2-7,12-14,16,22H,8-11H2,1H3,(H,25,26). The lowest BCUT2D eigenvalue weighted by Crippen LogP contribution is -2.29. The molecule has 3 aromatic heterocycles. The van der Waals surface area contributed by atoms with E-state index in [1.54, 1.807) is 7.11 Å². The van der Waals surface area contributed by atoms with Crippen molar-refractivity contribution in [2.45, 2.75) is 18.9 Å². The van der Waals surface area contributed by atoms with Crippen LogP contribution in [0.15, 0.2) is 55.0 Å². The highest BCUT2D eigenvalue weighted by molar-refractivity contribution is 5.72. The van der Waals surface area contributed by atoms with Gasteiger partial charge in [0, 0.05) is 11.8 Å². The summed E-state index contributed by atoms with van der Waals surface area (Å²) in [6.07, 6.45) is 7.85. The average molecular weight is 389 g/mol. The van der Waals surface area contributed by atoms with Crippen molar-refractivity contribution >= 4 is 17.2 Å². The van der Waals surface area contributed by atoms with E-state index in [0.717, 1.165) is 54.1 Å². The maximum Gasteiger partial charge on any atom is 0.245 e. The SMILES string of the molecule is COc1ccccc1-c1ccc2cnc(Nc3cnn(C4CCNCC4)c3)nn12. The maximum atomic E-state index is 5.52. The molecule has 5 rings (SSSR count). The topological polar surface area (TPSA) is 81.3 Å². The van der Waals surface area contributed by atoms with Gasteiger partial charge in [-0.05, 0) is 50.2 Å². The Morgan fingerprint density at radius 2 is 1.97 bits per heavy atom. The minimum absolute atomic E-state index is 0.441. The van der Waals surface area contributed by atoms with Gasteiger partial charge in [0.2, 0.25) is 5.95 Å². The maximum absolute atomic E-state index is 5.52. The van der Waals surface area contributed by atoms with E-state index in [0.29, 0.717) is 12.0 Å². The molecule has 0 atom stereocenters. The van der Waals surface area contributed by atoms with Crippen LogP contribution in [0, 0.1) is 0 Å². The van der Waals surface area contributed by atoms with Crippen LogP contribution in [0.3, 0.4) is 0 Å². The predicted octanol–water partition coefficient (Wildman–Crippen LogP) is 3.27. The minimum atomic E-state index is 0.441. The molecule has 1 aliphatic heterocycles. The molecule has 0 saturated carbocycles. The Morgan fingerprint density at radius 1 is 1.10 bits per heavy atom. The van der Waals surface area contributed by atoms with Gasteiger partial charge in [-0.25, -0.2) is 9.50 Å². The zero-order chi connectivity index (χ0) is 19.6. The van der Waals surface area contributed by atoms with Gasteiger partial charge in [0.15, 0.2) is 0 Å². The smallest absolute Gasteiger partial charge is 0.245 e. The summed E-state index contributed by atoms with van der Waals surface area (Å²) >= 11 is 0. The van der Waals surface area contributed by atoms with Crippen molar-refractivity contribution in [2.24, 2.45) is 0 Å². The highest BCUT2D eigenvalue weighted by Crippen LogP contribution is 2.30. The van der Waals surface area contributed by atoms with Crippen LogP contribution in [0.2, 0.25) is 0 Å². The highest BCUT2D eigenvalue weighted by atomic mass is 16.5. The number of methoxy groups -OCH3 is 1. The third-order valence-corrected chi connectivity index (χ3v) is 5.32. The summed E-state index contributed by atoms with van der Waals surface area (Å²) in [6.45, 7) is 2.07. The van der Waals surface area contributed by atoms with Gasteiger partial charge in [0.1, 0.15) is 5.75 Å². The fraction of sp³-hybridized carbons (Fsp3) is 0.286. The molecule has 1 aliphatic rings. The Bertz CT molecular complexity index is 1130. The lowest BCUT2D eigenvalue weighted by molar-refractivity contribution is 0.343. The first-order chi connectivity index (χ1) is 14.3. The van der Waals surface area contributed by atoms with Gasteiger partial charge in [0.05, 0.1) is 42.4 Å². The second kappa shape index (κ2) is 7.56. The van der Waals surface area contributed by atoms with Crippen LogP contribution in [0.4, 0.5) is 11.6 Å². The zero-order valence-corrected chi connectivity index (χ0v) is 16.2. The third-order valence-electron chi connectivity index (χ3n) is 5.32. The quantitative estimate of drug-likeness (QED) is 0.545. The Labute approximate surface area is 168 Å². The van der Waals surface area contributed by atoms with Crippen molar-refractivity contribution in [1.29, 1.82) is 0 Å². The molecule has 4 aromatic rings. The van der Waals surface area contributed by atoms with Crippen LogP contribution in [-0.2, 0) is 0 Å². The van der Waals surface area contributed by atoms with Crippen molar-refractivity contribution in [3.8, 4) is 17.0 Å². The van der Waals surface area contributed by atoms with Crippen molar-refractivity contribution in [3.05, 3.63) is 55.0 Å². The Balaban J connectivity index is 1.44. The first kappa shape index (κ1) is 17.7. The van der Waals surface area contributed by atoms with Gasteiger partial charge >= 0.3 is 0 Å². The molecule has 0 bridgehead atoms. The molecule has 4 heterocycles. The van der Waals surface area contributed by atoms with Crippen LogP contribution < -0.4 is 15.4 Å². The van der Waals surface area contributed by atoms with Crippen LogP contribution >= 0.6 is 0 Å². The molecule has 1 fully saturated rings. The molecular weight excluding hydrogens is 366 g/mol. The van der Waals surface area contributed by atoms with Crippen LogP contribution in [0.5, 0.6) is 5.75 Å². The summed E-state index contributed by atoms with van der Waals surface area (Å²) in [5, 5.41) is 15.9. The second-order valence-corrected chi connectivity index (χ2v) is 7.15. The molecule has 0 spiro atoms. The molecule has 0 unspecified atom stereocenters. The fourth-order valence-corrected chi connectivity index (χ4v) is 3.82. The van der Waals surface area contributed by atoms with Crippen LogP contribution in [0.1, 0.15) is 18.9 Å². The van der Waals surface area contributed by atoms with Gasteiger partial charge < -0.3 is 15.4 Å². The molecule has 8 heteroatoms. The lowest BCUT2D eigenvalue weighted by atomic mass is 10.1. The molecule has 1 aromatic carbocycles. The predicted molar refractivity (Wildman–Crippen MR) is 112 cm³/mol. The first-order valence-electron chi connectivity index (χ1n) is 9.82. The largest absolute Gasteiger partial charge is 0.496 e. The van der Waals surface area contributed by atoms with Gasteiger partial charge in [-0.2, -0.15) is 5.10 Å². The van der Waals surface area contributed by atoms with Crippen molar-refractivity contribution in [3.63, 3.8) is 0 Å². The van der Waals surface area contributed by atoms with E-state index in [1.807, 2.05) is 64.2 Å². The number of piperidine rings is 1. The van der Waals surface area contributed by atoms with Crippen LogP contribution in [0.25, 0.3) is 16.8 Å². The van der Waals surface area contributed by atoms with Gasteiger partial charge in [-0.1, -0.05) is 12.1 Å². The zero-order valence-electron chi connectivity index (χ0n) is 16.2. The van der Waals surface area contributed by atoms with Gasteiger partial charge in [-0.3, -0.25) is 4.68 Å². The number of benzene rings is 1. The fourth-order valence-electron chi connectivity index (χ4n) is 3.82. The summed E-state index contributed by atoms with van der Waals surface area (Å²) < 4.78 is 9.44. The van der Waals surface area contributed by atoms with E-state index in [-0.39, 0.29) is 0 Å². The monoisotopic (exact) mass is 389 g/mol. The first-order valence-corrected chi connectivity index (χ1v) is 9.82. The highest BCUT2D eigenvalue weighted by Gasteiger charge is 2.16. The number of fused-ring (bicyclic) bond motifs is 1. The van der Waals surface area contributed by atoms with E-state index in [1.165, 1.54) is 0 Å². The number of para-hydroxylation sites is 1. The van der Waals surface area contributed by atoms with Crippen LogP contribution in [-0.4, -0.2) is 44.6 Å². The molecule has 0 aliphatic carbocycles. The number of anilines is 2. The number of hydrogen-bond acceptors (Lipinski definition) is 6. The lowest BCUT2D eigenvalue weighted by Gasteiger charge is -2.22. The van der Waals surface area contributed by atoms with Gasteiger partial charge in [-0.15, -0.1) is 5.10 Å².